The third kappa shape index (κ3) is 3.49. The molecule has 3 N–H and O–H groups in total. The summed E-state index contributed by atoms with van der Waals surface area (Å²) in [6.07, 6.45) is 1.53. The van der Waals surface area contributed by atoms with Crippen molar-refractivity contribution in [2.24, 2.45) is 0 Å². The lowest BCUT2D eigenvalue weighted by atomic mass is 10.3. The smallest absolute Gasteiger partial charge is 0.191 e. The van der Waals surface area contributed by atoms with E-state index < -0.39 is 12.2 Å². The summed E-state index contributed by atoms with van der Waals surface area (Å²) in [5.41, 5.74) is 0. The van der Waals surface area contributed by atoms with Crippen LogP contribution in [0.3, 0.4) is 0 Å². The van der Waals surface area contributed by atoms with E-state index in [1.165, 1.54) is 11.8 Å². The van der Waals surface area contributed by atoms with Crippen LogP contribution in [0.5, 0.6) is 0 Å². The molecule has 7 heteroatoms. The van der Waals surface area contributed by atoms with Crippen LogP contribution in [0.1, 0.15) is 13.3 Å². The number of hydrogen-bond donors (Lipinski definition) is 3. The van der Waals surface area contributed by atoms with Crippen molar-refractivity contribution >= 4 is 23.4 Å². The van der Waals surface area contributed by atoms with Gasteiger partial charge in [-0.1, -0.05) is 18.7 Å². The van der Waals surface area contributed by atoms with E-state index in [2.05, 4.69) is 22.2 Å². The molecule has 0 aromatic carbocycles. The molecule has 0 spiro atoms. The lowest BCUT2D eigenvalue weighted by Crippen LogP contribution is -2.23. The molecule has 1 aromatic rings. The van der Waals surface area contributed by atoms with E-state index in [0.717, 1.165) is 24.6 Å². The molecule has 1 aliphatic heterocycles. The van der Waals surface area contributed by atoms with Crippen LogP contribution < -0.4 is 10.2 Å². The van der Waals surface area contributed by atoms with Gasteiger partial charge in [0.25, 0.3) is 0 Å². The Morgan fingerprint density at radius 1 is 1.37 bits per heavy atom. The first-order valence-corrected chi connectivity index (χ1v) is 7.64. The van der Waals surface area contributed by atoms with Crippen molar-refractivity contribution in [3.63, 3.8) is 0 Å². The van der Waals surface area contributed by atoms with Gasteiger partial charge in [-0.3, -0.25) is 0 Å². The van der Waals surface area contributed by atoms with Gasteiger partial charge in [-0.25, -0.2) is 9.97 Å². The summed E-state index contributed by atoms with van der Waals surface area (Å²) in [5.74, 6) is 1.53. The van der Waals surface area contributed by atoms with Crippen molar-refractivity contribution in [2.45, 2.75) is 30.7 Å². The molecule has 0 amide bonds. The minimum atomic E-state index is -0.709. The van der Waals surface area contributed by atoms with Gasteiger partial charge in [0.2, 0.25) is 0 Å². The molecular formula is C12H20N4O2S. The van der Waals surface area contributed by atoms with Gasteiger partial charge in [-0.2, -0.15) is 0 Å². The lowest BCUT2D eigenvalue weighted by Gasteiger charge is -2.18. The van der Waals surface area contributed by atoms with E-state index >= 15 is 0 Å². The number of nitrogens with one attached hydrogen (secondary N) is 1. The molecular weight excluding hydrogens is 264 g/mol. The van der Waals surface area contributed by atoms with E-state index in [-0.39, 0.29) is 0 Å². The van der Waals surface area contributed by atoms with Gasteiger partial charge in [0.05, 0.1) is 12.2 Å². The van der Waals surface area contributed by atoms with E-state index in [9.17, 15) is 10.2 Å². The van der Waals surface area contributed by atoms with E-state index in [4.69, 9.17) is 0 Å². The Kier molecular flexibility index (Phi) is 4.84. The summed E-state index contributed by atoms with van der Waals surface area (Å²) >= 11 is 1.48. The maximum Gasteiger partial charge on any atom is 0.191 e. The van der Waals surface area contributed by atoms with E-state index in [1.54, 1.807) is 0 Å². The molecule has 1 saturated heterocycles. The van der Waals surface area contributed by atoms with Crippen LogP contribution in [-0.4, -0.2) is 58.3 Å². The highest BCUT2D eigenvalue weighted by Crippen LogP contribution is 2.23. The zero-order chi connectivity index (χ0) is 13.8. The van der Waals surface area contributed by atoms with Crippen LogP contribution in [0.25, 0.3) is 0 Å². The zero-order valence-corrected chi connectivity index (χ0v) is 12.0. The second kappa shape index (κ2) is 6.40. The predicted molar refractivity (Wildman–Crippen MR) is 76.8 cm³/mol. The highest BCUT2D eigenvalue weighted by molar-refractivity contribution is 7.98. The first-order valence-electron chi connectivity index (χ1n) is 6.42. The molecule has 6 nitrogen and oxygen atoms in total. The summed E-state index contributed by atoms with van der Waals surface area (Å²) in [6.45, 7) is 3.76. The standard InChI is InChI=1S/C12H20N4O2S/c1-3-4-13-10-5-11(15-12(14-10)19-2)16-6-8(17)9(18)7-16/h5,8-9,17-18H,3-4,6-7H2,1-2H3,(H,13,14,15). The third-order valence-corrected chi connectivity index (χ3v) is 3.56. The van der Waals surface area contributed by atoms with Crippen molar-refractivity contribution in [1.82, 2.24) is 9.97 Å². The number of rotatable bonds is 5. The minimum Gasteiger partial charge on any atom is -0.389 e. The fourth-order valence-corrected chi connectivity index (χ4v) is 2.34. The highest BCUT2D eigenvalue weighted by Gasteiger charge is 2.30. The fourth-order valence-electron chi connectivity index (χ4n) is 1.97. The van der Waals surface area contributed by atoms with Gasteiger partial charge < -0.3 is 20.4 Å². The number of aliphatic hydroxyl groups excluding tert-OH is 2. The topological polar surface area (TPSA) is 81.5 Å². The Bertz CT molecular complexity index is 422. The average Bonchev–Trinajstić information content (AvgIpc) is 2.76. The SMILES string of the molecule is CCCNc1cc(N2CC(O)C(O)C2)nc(SC)n1. The second-order valence-corrected chi connectivity index (χ2v) is 5.34. The highest BCUT2D eigenvalue weighted by atomic mass is 32.2. The van der Waals surface area contributed by atoms with Gasteiger partial charge >= 0.3 is 0 Å². The molecule has 106 valence electrons. The molecule has 0 bridgehead atoms. The minimum absolute atomic E-state index is 0.402. The van der Waals surface area contributed by atoms with E-state index in [0.29, 0.717) is 18.2 Å². The molecule has 1 aromatic heterocycles. The molecule has 0 aliphatic carbocycles. The van der Waals surface area contributed by atoms with Gasteiger partial charge in [-0.05, 0) is 12.7 Å². The summed E-state index contributed by atoms with van der Waals surface area (Å²) in [6, 6.07) is 1.86. The summed E-state index contributed by atoms with van der Waals surface area (Å²) < 4.78 is 0. The normalized spacial score (nSPS) is 22.8. The molecule has 2 unspecified atom stereocenters. The fraction of sp³-hybridized carbons (Fsp3) is 0.667. The molecule has 2 heterocycles. The van der Waals surface area contributed by atoms with E-state index in [1.807, 2.05) is 17.2 Å². The van der Waals surface area contributed by atoms with Crippen LogP contribution in [-0.2, 0) is 0 Å². The van der Waals surface area contributed by atoms with Gasteiger partial charge in [-0.15, -0.1) is 0 Å². The first kappa shape index (κ1) is 14.4. The van der Waals surface area contributed by atoms with Crippen molar-refractivity contribution in [3.05, 3.63) is 6.07 Å². The number of anilines is 2. The Morgan fingerprint density at radius 2 is 2.05 bits per heavy atom. The van der Waals surface area contributed by atoms with Crippen LogP contribution in [0.15, 0.2) is 11.2 Å². The number of nitrogens with zero attached hydrogens (tertiary/aromatic N) is 3. The molecule has 2 rings (SSSR count). The number of thioether (sulfide) groups is 1. The van der Waals surface area contributed by atoms with Crippen molar-refractivity contribution < 1.29 is 10.2 Å². The maximum atomic E-state index is 9.61. The largest absolute Gasteiger partial charge is 0.389 e. The molecule has 1 fully saturated rings. The maximum absolute atomic E-state index is 9.61. The number of β-amino-alcohol motifs (C(OH)–C–C–N with tert-alkyl or cyclic N) is 2. The van der Waals surface area contributed by atoms with Crippen molar-refractivity contribution in [2.75, 3.05) is 36.1 Å². The molecule has 2 atom stereocenters. The average molecular weight is 284 g/mol. The van der Waals surface area contributed by atoms with Crippen LogP contribution >= 0.6 is 11.8 Å². The number of aliphatic hydroxyl groups is 2. The second-order valence-electron chi connectivity index (χ2n) is 4.56. The quantitative estimate of drug-likeness (QED) is 0.538. The third-order valence-electron chi connectivity index (χ3n) is 3.01. The number of aromatic nitrogens is 2. The summed E-state index contributed by atoms with van der Waals surface area (Å²) in [4.78, 5) is 10.7. The van der Waals surface area contributed by atoms with Gasteiger partial charge in [0.15, 0.2) is 5.16 Å². The monoisotopic (exact) mass is 284 g/mol. The Labute approximate surface area is 117 Å². The lowest BCUT2D eigenvalue weighted by molar-refractivity contribution is 0.0572. The Morgan fingerprint density at radius 3 is 2.63 bits per heavy atom. The Hall–Kier alpha value is -1.05. The van der Waals surface area contributed by atoms with Crippen molar-refractivity contribution in [3.8, 4) is 0 Å². The number of hydrogen-bond acceptors (Lipinski definition) is 7. The first-order chi connectivity index (χ1) is 9.13. The summed E-state index contributed by atoms with van der Waals surface area (Å²) in [7, 11) is 0. The van der Waals surface area contributed by atoms with Crippen LogP contribution in [0.2, 0.25) is 0 Å². The van der Waals surface area contributed by atoms with Crippen LogP contribution in [0, 0.1) is 0 Å². The van der Waals surface area contributed by atoms with Gasteiger partial charge in [0, 0.05) is 25.7 Å². The van der Waals surface area contributed by atoms with Crippen LogP contribution in [0.4, 0.5) is 11.6 Å². The van der Waals surface area contributed by atoms with Crippen molar-refractivity contribution in [1.29, 1.82) is 0 Å². The summed E-state index contributed by atoms with van der Waals surface area (Å²) in [5, 5.41) is 23.1. The molecule has 0 saturated carbocycles. The zero-order valence-electron chi connectivity index (χ0n) is 11.2. The van der Waals surface area contributed by atoms with Gasteiger partial charge in [0.1, 0.15) is 11.6 Å². The Balaban J connectivity index is 2.19. The molecule has 1 aliphatic rings. The molecule has 0 radical (unpaired) electrons. The molecule has 19 heavy (non-hydrogen) atoms. The predicted octanol–water partition coefficient (Wildman–Crippen LogP) is 0.562.